The van der Waals surface area contributed by atoms with Crippen molar-refractivity contribution >= 4 is 59.2 Å². The van der Waals surface area contributed by atoms with E-state index in [-0.39, 0.29) is 32.8 Å². The quantitative estimate of drug-likeness (QED) is 0.102. The summed E-state index contributed by atoms with van der Waals surface area (Å²) in [6.07, 6.45) is 2.43. The highest BCUT2D eigenvalue weighted by Gasteiger charge is 2.38. The first-order valence-corrected chi connectivity index (χ1v) is 20.5. The molecule has 2 aliphatic heterocycles. The van der Waals surface area contributed by atoms with Crippen LogP contribution in [0.15, 0.2) is 72.8 Å². The van der Waals surface area contributed by atoms with Crippen LogP contribution in [0, 0.1) is 31.9 Å². The van der Waals surface area contributed by atoms with Crippen molar-refractivity contribution < 1.29 is 18.6 Å². The lowest BCUT2D eigenvalue weighted by molar-refractivity contribution is -0.384. The number of anilines is 2. The minimum absolute atomic E-state index is 0.0304. The molecule has 0 aromatic heterocycles. The standard InChI is InChI=1S/C36H36Cl2F2N4O4Si/c1-49(2,3)27-6-4-5-23(17-27)22-13-15-41(16-14-22)36-30(39)20-26(21-31(36)40)42-32(24-7-9-28(37)34(18-24)43(45)46)11-12-33(42)25-8-10-29(38)35(19-25)44(47)48/h4-10,17-22,32-33H,11-16H2,1-3H3. The maximum Gasteiger partial charge on any atom is 0.288 e. The summed E-state index contributed by atoms with van der Waals surface area (Å²) in [5, 5.41) is 24.8. The summed E-state index contributed by atoms with van der Waals surface area (Å²) < 4.78 is 32.3. The number of nitro benzene ring substituents is 2. The van der Waals surface area contributed by atoms with E-state index in [2.05, 4.69) is 43.9 Å². The van der Waals surface area contributed by atoms with Crippen molar-refractivity contribution in [2.45, 2.75) is 63.3 Å². The van der Waals surface area contributed by atoms with Crippen molar-refractivity contribution in [2.24, 2.45) is 0 Å². The molecule has 256 valence electrons. The van der Waals surface area contributed by atoms with E-state index < -0.39 is 41.6 Å². The Hall–Kier alpha value is -4.06. The molecule has 0 N–H and O–H groups in total. The highest BCUT2D eigenvalue weighted by molar-refractivity contribution is 6.88. The van der Waals surface area contributed by atoms with Gasteiger partial charge in [-0.3, -0.25) is 20.2 Å². The molecule has 2 saturated heterocycles. The number of nitrogens with zero attached hydrogens (tertiary/aromatic N) is 4. The van der Waals surface area contributed by atoms with Gasteiger partial charge in [0.1, 0.15) is 15.7 Å². The van der Waals surface area contributed by atoms with Crippen molar-refractivity contribution in [3.05, 3.63) is 131 Å². The third kappa shape index (κ3) is 7.02. The summed E-state index contributed by atoms with van der Waals surface area (Å²) in [5.41, 5.74) is 1.90. The fourth-order valence-corrected chi connectivity index (χ4v) is 8.85. The van der Waals surface area contributed by atoms with Crippen LogP contribution in [-0.4, -0.2) is 31.0 Å². The molecule has 4 aromatic rings. The van der Waals surface area contributed by atoms with E-state index in [0.717, 1.165) is 12.8 Å². The molecule has 0 amide bonds. The maximum absolute atomic E-state index is 16.1. The summed E-state index contributed by atoms with van der Waals surface area (Å²) in [6.45, 7) is 7.93. The first-order chi connectivity index (χ1) is 23.2. The van der Waals surface area contributed by atoms with Gasteiger partial charge < -0.3 is 9.80 Å². The fraction of sp³-hybridized carbons (Fsp3) is 0.333. The number of hydrogen-bond donors (Lipinski definition) is 0. The molecular formula is C36H36Cl2F2N4O4Si. The highest BCUT2D eigenvalue weighted by Crippen LogP contribution is 2.49. The molecule has 0 saturated carbocycles. The molecule has 0 spiro atoms. The minimum atomic E-state index is -1.49. The topological polar surface area (TPSA) is 92.8 Å². The van der Waals surface area contributed by atoms with E-state index >= 15 is 8.78 Å². The van der Waals surface area contributed by atoms with Gasteiger partial charge in [-0.2, -0.15) is 0 Å². The minimum Gasteiger partial charge on any atom is -0.367 e. The van der Waals surface area contributed by atoms with Crippen LogP contribution in [0.4, 0.5) is 31.5 Å². The number of piperidine rings is 1. The lowest BCUT2D eigenvalue weighted by Gasteiger charge is -2.36. The molecule has 2 aliphatic rings. The molecule has 49 heavy (non-hydrogen) atoms. The van der Waals surface area contributed by atoms with Gasteiger partial charge in [0.2, 0.25) is 0 Å². The molecule has 2 fully saturated rings. The first kappa shape index (κ1) is 34.8. The number of benzene rings is 4. The summed E-state index contributed by atoms with van der Waals surface area (Å²) in [7, 11) is -1.49. The van der Waals surface area contributed by atoms with Gasteiger partial charge >= 0.3 is 0 Å². The SMILES string of the molecule is C[Si](C)(C)c1cccc(C2CCN(c3c(F)cc(N4C(c5ccc(Cl)c([N+](=O)[O-])c5)CCC4c4ccc(Cl)c([N+](=O)[O-])c4)cc3F)CC2)c1. The maximum atomic E-state index is 16.1. The second-order valence-corrected chi connectivity index (χ2v) is 19.7. The summed E-state index contributed by atoms with van der Waals surface area (Å²) in [5.74, 6) is -1.14. The molecule has 2 unspecified atom stereocenters. The van der Waals surface area contributed by atoms with Crippen LogP contribution in [0.5, 0.6) is 0 Å². The molecular weight excluding hydrogens is 689 g/mol. The normalized spacial score (nSPS) is 18.6. The Bertz CT molecular complexity index is 1840. The predicted molar refractivity (Wildman–Crippen MR) is 193 cm³/mol. The highest BCUT2D eigenvalue weighted by atomic mass is 35.5. The van der Waals surface area contributed by atoms with E-state index in [0.29, 0.717) is 43.0 Å². The second-order valence-electron chi connectivity index (χ2n) is 13.8. The summed E-state index contributed by atoms with van der Waals surface area (Å²) >= 11 is 12.2. The van der Waals surface area contributed by atoms with Gasteiger partial charge in [0.05, 0.1) is 30.0 Å². The molecule has 8 nitrogen and oxygen atoms in total. The summed E-state index contributed by atoms with van der Waals surface area (Å²) in [6, 6.07) is 19.2. The Balaban J connectivity index is 1.33. The lowest BCUT2D eigenvalue weighted by atomic mass is 9.89. The monoisotopic (exact) mass is 724 g/mol. The Kier molecular flexibility index (Phi) is 9.72. The van der Waals surface area contributed by atoms with Crippen LogP contribution in [-0.2, 0) is 0 Å². The first-order valence-electron chi connectivity index (χ1n) is 16.2. The van der Waals surface area contributed by atoms with E-state index in [1.807, 2.05) is 0 Å². The average Bonchev–Trinajstić information content (AvgIpc) is 3.50. The molecule has 0 bridgehead atoms. The lowest BCUT2D eigenvalue weighted by Crippen LogP contribution is -2.38. The molecule has 0 aliphatic carbocycles. The smallest absolute Gasteiger partial charge is 0.288 e. The number of rotatable bonds is 8. The Labute approximate surface area is 294 Å². The molecule has 6 rings (SSSR count). The summed E-state index contributed by atoms with van der Waals surface area (Å²) in [4.78, 5) is 25.8. The zero-order chi connectivity index (χ0) is 35.2. The van der Waals surface area contributed by atoms with Gasteiger partial charge in [0, 0.05) is 30.9 Å². The molecule has 4 aromatic carbocycles. The molecule has 13 heteroatoms. The van der Waals surface area contributed by atoms with E-state index in [4.69, 9.17) is 23.2 Å². The molecule has 2 atom stereocenters. The fourth-order valence-electron chi connectivity index (χ4n) is 7.28. The Morgan fingerprint density at radius 2 is 1.22 bits per heavy atom. The zero-order valence-corrected chi connectivity index (χ0v) is 29.8. The van der Waals surface area contributed by atoms with Gasteiger partial charge in [0.25, 0.3) is 11.4 Å². The van der Waals surface area contributed by atoms with Gasteiger partial charge in [-0.25, -0.2) is 8.78 Å². The Morgan fingerprint density at radius 3 is 1.69 bits per heavy atom. The van der Waals surface area contributed by atoms with Crippen LogP contribution in [0.25, 0.3) is 0 Å². The Morgan fingerprint density at radius 1 is 0.714 bits per heavy atom. The van der Waals surface area contributed by atoms with Crippen LogP contribution in [0.1, 0.15) is 60.4 Å². The van der Waals surface area contributed by atoms with E-state index in [1.54, 1.807) is 21.9 Å². The van der Waals surface area contributed by atoms with Gasteiger partial charge in [-0.05, 0) is 72.6 Å². The van der Waals surface area contributed by atoms with Crippen LogP contribution < -0.4 is 15.0 Å². The van der Waals surface area contributed by atoms with Crippen molar-refractivity contribution in [1.82, 2.24) is 0 Å². The van der Waals surface area contributed by atoms with E-state index in [9.17, 15) is 20.2 Å². The number of hydrogen-bond acceptors (Lipinski definition) is 6. The second kappa shape index (κ2) is 13.7. The van der Waals surface area contributed by atoms with Gasteiger partial charge in [-0.15, -0.1) is 0 Å². The third-order valence-electron chi connectivity index (χ3n) is 9.82. The van der Waals surface area contributed by atoms with Crippen LogP contribution in [0.2, 0.25) is 29.7 Å². The van der Waals surface area contributed by atoms with Crippen LogP contribution in [0.3, 0.4) is 0 Å². The van der Waals surface area contributed by atoms with Crippen molar-refractivity contribution in [3.63, 3.8) is 0 Å². The predicted octanol–water partition coefficient (Wildman–Crippen LogP) is 10.1. The van der Waals surface area contributed by atoms with E-state index in [1.165, 1.54) is 47.1 Å². The zero-order valence-electron chi connectivity index (χ0n) is 27.3. The number of nitro groups is 2. The molecule has 0 radical (unpaired) electrons. The van der Waals surface area contributed by atoms with Crippen molar-refractivity contribution in [3.8, 4) is 0 Å². The van der Waals surface area contributed by atoms with Gasteiger partial charge in [-0.1, -0.05) is 84.4 Å². The van der Waals surface area contributed by atoms with Crippen molar-refractivity contribution in [1.29, 1.82) is 0 Å². The largest absolute Gasteiger partial charge is 0.367 e. The van der Waals surface area contributed by atoms with Crippen molar-refractivity contribution in [2.75, 3.05) is 22.9 Å². The number of halogens is 4. The molecule has 2 heterocycles. The third-order valence-corrected chi connectivity index (χ3v) is 12.5. The van der Waals surface area contributed by atoms with Crippen LogP contribution >= 0.6 is 23.2 Å². The average molecular weight is 726 g/mol. The van der Waals surface area contributed by atoms with Gasteiger partial charge in [0.15, 0.2) is 11.6 Å².